The van der Waals surface area contributed by atoms with Gasteiger partial charge in [-0.15, -0.1) is 0 Å². The number of hydrogen-bond acceptors (Lipinski definition) is 4. The first-order valence-electron chi connectivity index (χ1n) is 9.95. The quantitative estimate of drug-likeness (QED) is 0.590. The molecule has 2 aromatic carbocycles. The molecule has 5 nitrogen and oxygen atoms in total. The zero-order valence-corrected chi connectivity index (χ0v) is 17.1. The van der Waals surface area contributed by atoms with Crippen LogP contribution in [0.1, 0.15) is 49.8 Å². The van der Waals surface area contributed by atoms with E-state index in [1.807, 2.05) is 6.92 Å². The summed E-state index contributed by atoms with van der Waals surface area (Å²) in [6, 6.07) is 12.3. The number of halogens is 2. The molecule has 7 heteroatoms. The minimum atomic E-state index is -3.16. The third-order valence-corrected chi connectivity index (χ3v) is 4.72. The van der Waals surface area contributed by atoms with Gasteiger partial charge in [-0.3, -0.25) is 4.79 Å². The fourth-order valence-electron chi connectivity index (χ4n) is 2.96. The molecular formula is C23H26F2N2O3. The number of phenols is 1. The molecule has 0 aliphatic carbocycles. The van der Waals surface area contributed by atoms with Gasteiger partial charge >= 0.3 is 0 Å². The zero-order valence-electron chi connectivity index (χ0n) is 17.1. The van der Waals surface area contributed by atoms with Crippen LogP contribution < -0.4 is 10.1 Å². The van der Waals surface area contributed by atoms with E-state index in [-0.39, 0.29) is 23.0 Å². The second-order valence-electron chi connectivity index (χ2n) is 6.98. The average molecular weight is 416 g/mol. The van der Waals surface area contributed by atoms with E-state index in [4.69, 9.17) is 10.00 Å². The van der Waals surface area contributed by atoms with Crippen LogP contribution in [0.5, 0.6) is 11.5 Å². The molecule has 0 spiro atoms. The fourth-order valence-corrected chi connectivity index (χ4v) is 2.96. The number of amides is 1. The van der Waals surface area contributed by atoms with Gasteiger partial charge < -0.3 is 15.2 Å². The van der Waals surface area contributed by atoms with Gasteiger partial charge in [0.25, 0.3) is 11.8 Å². The van der Waals surface area contributed by atoms with Gasteiger partial charge in [0.2, 0.25) is 0 Å². The Hall–Kier alpha value is -3.14. The Kier molecular flexibility index (Phi) is 8.16. The van der Waals surface area contributed by atoms with Crippen LogP contribution >= 0.6 is 0 Å². The second-order valence-corrected chi connectivity index (χ2v) is 6.98. The number of benzene rings is 2. The lowest BCUT2D eigenvalue weighted by Crippen LogP contribution is -2.39. The Morgan fingerprint density at radius 3 is 2.53 bits per heavy atom. The van der Waals surface area contributed by atoms with Gasteiger partial charge in [-0.05, 0) is 48.7 Å². The highest BCUT2D eigenvalue weighted by atomic mass is 19.3. The molecule has 0 aliphatic rings. The molecule has 30 heavy (non-hydrogen) atoms. The van der Waals surface area contributed by atoms with Crippen LogP contribution in [0.4, 0.5) is 8.78 Å². The van der Waals surface area contributed by atoms with Crippen LogP contribution in [0, 0.1) is 11.3 Å². The Bertz CT molecular complexity index is 892. The molecule has 0 fully saturated rings. The van der Waals surface area contributed by atoms with E-state index in [2.05, 4.69) is 5.32 Å². The number of ether oxygens (including phenoxy) is 1. The number of hydrogen-bond donors (Lipinski definition) is 2. The van der Waals surface area contributed by atoms with Crippen LogP contribution in [0.15, 0.2) is 42.5 Å². The molecule has 2 rings (SSSR count). The van der Waals surface area contributed by atoms with Crippen molar-refractivity contribution in [3.63, 3.8) is 0 Å². The van der Waals surface area contributed by atoms with Crippen molar-refractivity contribution >= 4 is 5.91 Å². The number of rotatable bonds is 10. The smallest absolute Gasteiger partial charge is 0.274 e. The molecule has 0 saturated heterocycles. The number of carbonyl (C=O) groups is 1. The van der Waals surface area contributed by atoms with Gasteiger partial charge in [0.05, 0.1) is 11.6 Å². The highest BCUT2D eigenvalue weighted by Gasteiger charge is 2.32. The molecule has 1 amide bonds. The van der Waals surface area contributed by atoms with E-state index >= 15 is 0 Å². The van der Waals surface area contributed by atoms with Crippen molar-refractivity contribution in [2.45, 2.75) is 51.6 Å². The van der Waals surface area contributed by atoms with Crippen molar-refractivity contribution in [2.75, 3.05) is 6.54 Å². The summed E-state index contributed by atoms with van der Waals surface area (Å²) in [5.41, 5.74) is 0.451. The number of nitriles is 1. The van der Waals surface area contributed by atoms with Crippen molar-refractivity contribution in [3.05, 3.63) is 59.2 Å². The molecule has 2 N–H and O–H groups in total. The summed E-state index contributed by atoms with van der Waals surface area (Å²) in [6.45, 7) is 3.62. The third-order valence-electron chi connectivity index (χ3n) is 4.72. The van der Waals surface area contributed by atoms with Crippen molar-refractivity contribution in [2.24, 2.45) is 0 Å². The first kappa shape index (κ1) is 23.1. The van der Waals surface area contributed by atoms with Crippen LogP contribution in [0.25, 0.3) is 0 Å². The summed E-state index contributed by atoms with van der Waals surface area (Å²) < 4.78 is 34.1. The lowest BCUT2D eigenvalue weighted by molar-refractivity contribution is -0.128. The summed E-state index contributed by atoms with van der Waals surface area (Å²) in [5, 5.41) is 21.2. The zero-order chi connectivity index (χ0) is 22.1. The summed E-state index contributed by atoms with van der Waals surface area (Å²) in [7, 11) is 0. The molecule has 0 aromatic heterocycles. The first-order chi connectivity index (χ1) is 14.3. The highest BCUT2D eigenvalue weighted by Crippen LogP contribution is 2.36. The monoisotopic (exact) mass is 416 g/mol. The largest absolute Gasteiger partial charge is 0.508 e. The standard InChI is InChI=1S/C23H26F2N2O3/c1-3-5-21(22(29)27-13-12-16-6-9-18(28)10-7-16)30-19-11-8-17(15-26)20(14-19)23(24,25)4-2/h6-11,14,21,28H,3-5,12-13H2,1-2H3,(H,27,29). The number of phenolic OH excluding ortho intramolecular Hbond substituents is 1. The first-order valence-corrected chi connectivity index (χ1v) is 9.95. The topological polar surface area (TPSA) is 82.3 Å². The summed E-state index contributed by atoms with van der Waals surface area (Å²) in [4.78, 5) is 12.6. The molecular weight excluding hydrogens is 390 g/mol. The number of nitrogens with zero attached hydrogens (tertiary/aromatic N) is 1. The maximum atomic E-state index is 14.2. The lowest BCUT2D eigenvalue weighted by Gasteiger charge is -2.21. The molecule has 1 unspecified atom stereocenters. The summed E-state index contributed by atoms with van der Waals surface area (Å²) in [5.74, 6) is -3.18. The van der Waals surface area contributed by atoms with Crippen molar-refractivity contribution in [3.8, 4) is 17.6 Å². The predicted octanol–water partition coefficient (Wildman–Crippen LogP) is 4.67. The van der Waals surface area contributed by atoms with Crippen LogP contribution in [-0.4, -0.2) is 23.7 Å². The third kappa shape index (κ3) is 6.18. The summed E-state index contributed by atoms with van der Waals surface area (Å²) in [6.07, 6.45) is 0.399. The Labute approximate surface area is 175 Å². The number of alkyl halides is 2. The molecule has 0 bridgehead atoms. The van der Waals surface area contributed by atoms with Crippen LogP contribution in [0.2, 0.25) is 0 Å². The van der Waals surface area contributed by atoms with E-state index in [0.717, 1.165) is 11.6 Å². The molecule has 0 radical (unpaired) electrons. The van der Waals surface area contributed by atoms with Crippen molar-refractivity contribution in [1.29, 1.82) is 5.26 Å². The molecule has 2 aromatic rings. The SMILES string of the molecule is CCCC(Oc1ccc(C#N)c(C(F)(F)CC)c1)C(=O)NCCc1ccc(O)cc1. The van der Waals surface area contributed by atoms with Crippen molar-refractivity contribution in [1.82, 2.24) is 5.32 Å². The maximum Gasteiger partial charge on any atom is 0.274 e. The van der Waals surface area contributed by atoms with Crippen LogP contribution in [-0.2, 0) is 17.1 Å². The molecule has 160 valence electrons. The van der Waals surface area contributed by atoms with Gasteiger partial charge in [0.1, 0.15) is 11.5 Å². The molecule has 1 atom stereocenters. The van der Waals surface area contributed by atoms with Gasteiger partial charge in [0, 0.05) is 18.5 Å². The van der Waals surface area contributed by atoms with E-state index in [1.54, 1.807) is 30.3 Å². The van der Waals surface area contributed by atoms with Crippen molar-refractivity contribution < 1.29 is 23.4 Å². The second kappa shape index (κ2) is 10.6. The molecule has 0 saturated carbocycles. The number of aromatic hydroxyl groups is 1. The van der Waals surface area contributed by atoms with E-state index < -0.39 is 24.0 Å². The van der Waals surface area contributed by atoms with Crippen LogP contribution in [0.3, 0.4) is 0 Å². The van der Waals surface area contributed by atoms with E-state index in [0.29, 0.717) is 25.8 Å². The van der Waals surface area contributed by atoms with Gasteiger partial charge in [-0.1, -0.05) is 32.4 Å². The lowest BCUT2D eigenvalue weighted by atomic mass is 10.00. The highest BCUT2D eigenvalue weighted by molar-refractivity contribution is 5.81. The van der Waals surface area contributed by atoms with Gasteiger partial charge in [-0.2, -0.15) is 5.26 Å². The Balaban J connectivity index is 2.07. The minimum absolute atomic E-state index is 0.111. The van der Waals surface area contributed by atoms with Gasteiger partial charge in [-0.25, -0.2) is 8.78 Å². The number of carbonyl (C=O) groups excluding carboxylic acids is 1. The number of nitrogens with one attached hydrogen (secondary N) is 1. The van der Waals surface area contributed by atoms with E-state index in [1.165, 1.54) is 19.1 Å². The predicted molar refractivity (Wildman–Crippen MR) is 109 cm³/mol. The maximum absolute atomic E-state index is 14.2. The fraction of sp³-hybridized carbons (Fsp3) is 0.391. The molecule has 0 heterocycles. The molecule has 0 aliphatic heterocycles. The Morgan fingerprint density at radius 1 is 1.23 bits per heavy atom. The Morgan fingerprint density at radius 2 is 1.93 bits per heavy atom. The van der Waals surface area contributed by atoms with E-state index in [9.17, 15) is 18.7 Å². The normalized spacial score (nSPS) is 12.1. The summed E-state index contributed by atoms with van der Waals surface area (Å²) >= 11 is 0. The minimum Gasteiger partial charge on any atom is -0.508 e. The van der Waals surface area contributed by atoms with Gasteiger partial charge in [0.15, 0.2) is 6.10 Å². The average Bonchev–Trinajstić information content (AvgIpc) is 2.74.